The zero-order valence-electron chi connectivity index (χ0n) is 9.23. The van der Waals surface area contributed by atoms with Crippen molar-refractivity contribution in [1.82, 2.24) is 10.6 Å². The molecular weight excluding hydrogens is 240 g/mol. The van der Waals surface area contributed by atoms with E-state index in [0.29, 0.717) is 24.4 Å². The molecule has 0 aromatic carbocycles. The van der Waals surface area contributed by atoms with Crippen molar-refractivity contribution in [2.45, 2.75) is 25.4 Å². The number of hydrogen-bond acceptors (Lipinski definition) is 4. The van der Waals surface area contributed by atoms with Crippen LogP contribution in [-0.4, -0.2) is 29.6 Å². The highest BCUT2D eigenvalue weighted by Crippen LogP contribution is 2.17. The van der Waals surface area contributed by atoms with E-state index >= 15 is 0 Å². The molecule has 1 aliphatic heterocycles. The maximum Gasteiger partial charge on any atom is 0.346 e. The van der Waals surface area contributed by atoms with Crippen LogP contribution in [0.5, 0.6) is 0 Å². The molecule has 1 aromatic rings. The number of carboxylic acid groups (broad SMARTS) is 1. The molecule has 6 heteroatoms. The molecule has 1 fully saturated rings. The van der Waals surface area contributed by atoms with Gasteiger partial charge in [-0.15, -0.1) is 11.3 Å². The molecule has 0 saturated carbocycles. The highest BCUT2D eigenvalue weighted by molar-refractivity contribution is 7.12. The van der Waals surface area contributed by atoms with Crippen LogP contribution in [0.1, 0.15) is 28.1 Å². The molecule has 0 radical (unpaired) electrons. The second kappa shape index (κ2) is 5.29. The lowest BCUT2D eigenvalue weighted by atomic mass is 10.1. The summed E-state index contributed by atoms with van der Waals surface area (Å²) in [5.74, 6) is -0.793. The first-order chi connectivity index (χ1) is 8.16. The lowest BCUT2D eigenvalue weighted by molar-refractivity contribution is -0.122. The van der Waals surface area contributed by atoms with Crippen molar-refractivity contribution >= 4 is 23.2 Å². The maximum atomic E-state index is 11.0. The van der Waals surface area contributed by atoms with Crippen LogP contribution < -0.4 is 10.6 Å². The first-order valence-corrected chi connectivity index (χ1v) is 6.34. The Labute approximate surface area is 103 Å². The van der Waals surface area contributed by atoms with E-state index in [1.165, 1.54) is 11.3 Å². The van der Waals surface area contributed by atoms with Crippen LogP contribution in [0.25, 0.3) is 0 Å². The number of hydrogen-bond donors (Lipinski definition) is 3. The third kappa shape index (κ3) is 3.04. The lowest BCUT2D eigenvalue weighted by Gasteiger charge is -2.23. The fraction of sp³-hybridized carbons (Fsp3) is 0.455. The minimum atomic E-state index is -0.881. The average molecular weight is 254 g/mol. The normalized spacial score (nSPS) is 20.0. The lowest BCUT2D eigenvalue weighted by Crippen LogP contribution is -2.45. The second-order valence-electron chi connectivity index (χ2n) is 4.00. The van der Waals surface area contributed by atoms with E-state index in [1.807, 2.05) is 6.07 Å². The molecule has 1 atom stereocenters. The van der Waals surface area contributed by atoms with Crippen LogP contribution in [0.2, 0.25) is 0 Å². The highest BCUT2D eigenvalue weighted by atomic mass is 32.1. The summed E-state index contributed by atoms with van der Waals surface area (Å²) in [6, 6.07) is 2.05. The van der Waals surface area contributed by atoms with E-state index in [0.717, 1.165) is 12.0 Å². The standard InChI is InChI=1S/C11H14N2O3S/c14-9-2-1-8(6-13-9)12-5-7-3-4-17-10(7)11(15)16/h3-4,8,12H,1-2,5-6H2,(H,13,14)(H,15,16). The van der Waals surface area contributed by atoms with Gasteiger partial charge in [0.2, 0.25) is 5.91 Å². The van der Waals surface area contributed by atoms with Crippen LogP contribution in [0, 0.1) is 0 Å². The Morgan fingerprint density at radius 1 is 1.65 bits per heavy atom. The molecule has 0 bridgehead atoms. The summed E-state index contributed by atoms with van der Waals surface area (Å²) in [6.45, 7) is 1.15. The molecule has 1 unspecified atom stereocenters. The quantitative estimate of drug-likeness (QED) is 0.743. The van der Waals surface area contributed by atoms with E-state index in [-0.39, 0.29) is 11.9 Å². The number of carbonyl (C=O) groups excluding carboxylic acids is 1. The molecule has 0 aliphatic carbocycles. The van der Waals surface area contributed by atoms with Gasteiger partial charge < -0.3 is 15.7 Å². The third-order valence-corrected chi connectivity index (χ3v) is 3.73. The predicted octanol–water partition coefficient (Wildman–Crippen LogP) is 0.815. The van der Waals surface area contributed by atoms with Crippen molar-refractivity contribution in [2.75, 3.05) is 6.54 Å². The fourth-order valence-electron chi connectivity index (χ4n) is 1.82. The van der Waals surface area contributed by atoms with Crippen molar-refractivity contribution in [2.24, 2.45) is 0 Å². The number of rotatable bonds is 4. The third-order valence-electron chi connectivity index (χ3n) is 2.79. The fourth-order valence-corrected chi connectivity index (χ4v) is 2.58. The summed E-state index contributed by atoms with van der Waals surface area (Å²) in [7, 11) is 0. The van der Waals surface area contributed by atoms with Gasteiger partial charge in [0.05, 0.1) is 0 Å². The van der Waals surface area contributed by atoms with Gasteiger partial charge in [0, 0.05) is 25.6 Å². The van der Waals surface area contributed by atoms with Gasteiger partial charge in [0.25, 0.3) is 0 Å². The molecule has 5 nitrogen and oxygen atoms in total. The van der Waals surface area contributed by atoms with Gasteiger partial charge in [-0.1, -0.05) is 0 Å². The topological polar surface area (TPSA) is 78.4 Å². The molecule has 1 amide bonds. The average Bonchev–Trinajstić information content (AvgIpc) is 2.76. The first-order valence-electron chi connectivity index (χ1n) is 5.46. The van der Waals surface area contributed by atoms with Crippen molar-refractivity contribution in [1.29, 1.82) is 0 Å². The summed E-state index contributed by atoms with van der Waals surface area (Å²) in [5.41, 5.74) is 0.805. The Morgan fingerprint density at radius 2 is 2.47 bits per heavy atom. The van der Waals surface area contributed by atoms with Crippen molar-refractivity contribution in [3.63, 3.8) is 0 Å². The Bertz CT molecular complexity index is 420. The Hall–Kier alpha value is -1.40. The van der Waals surface area contributed by atoms with Crippen LogP contribution in [-0.2, 0) is 11.3 Å². The Morgan fingerprint density at radius 3 is 3.12 bits per heavy atom. The van der Waals surface area contributed by atoms with Gasteiger partial charge in [0.1, 0.15) is 4.88 Å². The number of nitrogens with one attached hydrogen (secondary N) is 2. The minimum Gasteiger partial charge on any atom is -0.477 e. The van der Waals surface area contributed by atoms with Crippen LogP contribution in [0.3, 0.4) is 0 Å². The van der Waals surface area contributed by atoms with Crippen molar-refractivity contribution in [3.8, 4) is 0 Å². The number of carboxylic acids is 1. The molecule has 2 heterocycles. The van der Waals surface area contributed by atoms with E-state index in [2.05, 4.69) is 10.6 Å². The molecule has 2 rings (SSSR count). The second-order valence-corrected chi connectivity index (χ2v) is 4.92. The van der Waals surface area contributed by atoms with Crippen LogP contribution in [0.15, 0.2) is 11.4 Å². The molecule has 0 spiro atoms. The maximum absolute atomic E-state index is 11.0. The highest BCUT2D eigenvalue weighted by Gasteiger charge is 2.18. The van der Waals surface area contributed by atoms with E-state index in [9.17, 15) is 9.59 Å². The summed E-state index contributed by atoms with van der Waals surface area (Å²) < 4.78 is 0. The molecule has 1 aliphatic rings. The van der Waals surface area contributed by atoms with Gasteiger partial charge in [-0.3, -0.25) is 4.79 Å². The summed E-state index contributed by atoms with van der Waals surface area (Å²) in [4.78, 5) is 22.3. The van der Waals surface area contributed by atoms with E-state index in [4.69, 9.17) is 5.11 Å². The summed E-state index contributed by atoms with van der Waals surface area (Å²) in [5, 5.41) is 16.8. The smallest absolute Gasteiger partial charge is 0.346 e. The molecule has 1 aromatic heterocycles. The number of piperidine rings is 1. The van der Waals surface area contributed by atoms with Crippen molar-refractivity contribution in [3.05, 3.63) is 21.9 Å². The monoisotopic (exact) mass is 254 g/mol. The van der Waals surface area contributed by atoms with Gasteiger partial charge in [-0.05, 0) is 23.4 Å². The molecule has 1 saturated heterocycles. The molecule has 17 heavy (non-hydrogen) atoms. The van der Waals surface area contributed by atoms with E-state index in [1.54, 1.807) is 5.38 Å². The number of thiophene rings is 1. The molecule has 3 N–H and O–H groups in total. The Balaban J connectivity index is 1.87. The minimum absolute atomic E-state index is 0.0878. The summed E-state index contributed by atoms with van der Waals surface area (Å²) >= 11 is 1.24. The zero-order chi connectivity index (χ0) is 12.3. The number of amides is 1. The van der Waals surface area contributed by atoms with Crippen LogP contribution in [0.4, 0.5) is 0 Å². The zero-order valence-corrected chi connectivity index (χ0v) is 10.0. The first kappa shape index (κ1) is 12.1. The molecular formula is C11H14N2O3S. The van der Waals surface area contributed by atoms with E-state index < -0.39 is 5.97 Å². The molecule has 92 valence electrons. The number of aromatic carboxylic acids is 1. The SMILES string of the molecule is O=C1CCC(NCc2ccsc2C(=O)O)CN1. The number of carbonyl (C=O) groups is 2. The van der Waals surface area contributed by atoms with Gasteiger partial charge >= 0.3 is 5.97 Å². The summed E-state index contributed by atoms with van der Waals surface area (Å²) in [6.07, 6.45) is 1.34. The van der Waals surface area contributed by atoms with Crippen LogP contribution >= 0.6 is 11.3 Å². The van der Waals surface area contributed by atoms with Gasteiger partial charge in [-0.2, -0.15) is 0 Å². The van der Waals surface area contributed by atoms with Crippen molar-refractivity contribution < 1.29 is 14.7 Å². The van der Waals surface area contributed by atoms with Gasteiger partial charge in [0.15, 0.2) is 0 Å². The van der Waals surface area contributed by atoms with Gasteiger partial charge in [-0.25, -0.2) is 4.79 Å². The largest absolute Gasteiger partial charge is 0.477 e. The Kier molecular flexibility index (Phi) is 3.75. The predicted molar refractivity (Wildman–Crippen MR) is 64.1 cm³/mol.